The third-order valence-corrected chi connectivity index (χ3v) is 4.47. The lowest BCUT2D eigenvalue weighted by molar-refractivity contribution is 0.397. The van der Waals surface area contributed by atoms with E-state index in [0.29, 0.717) is 17.3 Å². The number of hydrogen-bond acceptors (Lipinski definition) is 0. The molecule has 0 rings (SSSR count). The summed E-state index contributed by atoms with van der Waals surface area (Å²) in [4.78, 5) is 0. The monoisotopic (exact) mass is 276 g/mol. The van der Waals surface area contributed by atoms with Gasteiger partial charge in [-0.25, -0.2) is 0 Å². The van der Waals surface area contributed by atoms with Crippen molar-refractivity contribution in [1.29, 1.82) is 0 Å². The van der Waals surface area contributed by atoms with Gasteiger partial charge < -0.3 is 0 Å². The van der Waals surface area contributed by atoms with Gasteiger partial charge in [0.1, 0.15) is 0 Å². The predicted octanol–water partition coefficient (Wildman–Crippen LogP) is 6.94. The second-order valence-corrected chi connectivity index (χ2v) is 7.68. The number of hydrogen-bond donors (Lipinski definition) is 0. The summed E-state index contributed by atoms with van der Waals surface area (Å²) in [6.07, 6.45) is 4.66. The highest BCUT2D eigenvalue weighted by molar-refractivity contribution is 5.30. The largest absolute Gasteiger partial charge is 0.0992 e. The Labute approximate surface area is 128 Å². The second kappa shape index (κ2) is 7.86. The first kappa shape index (κ1) is 19.2. The second-order valence-electron chi connectivity index (χ2n) is 7.68. The van der Waals surface area contributed by atoms with Crippen molar-refractivity contribution in [3.8, 4) is 0 Å². The predicted molar refractivity (Wildman–Crippen MR) is 94.0 cm³/mol. The van der Waals surface area contributed by atoms with E-state index < -0.39 is 0 Å². The molecule has 0 saturated carbocycles. The van der Waals surface area contributed by atoms with Gasteiger partial charge in [0, 0.05) is 0 Å². The molecule has 0 aromatic rings. The molecule has 0 aliphatic rings. The Morgan fingerprint density at radius 1 is 1.10 bits per heavy atom. The summed E-state index contributed by atoms with van der Waals surface area (Å²) in [6.45, 7) is 24.7. The molecule has 0 nitrogen and oxygen atoms in total. The van der Waals surface area contributed by atoms with E-state index in [1.54, 1.807) is 0 Å². The van der Waals surface area contributed by atoms with Crippen LogP contribution in [0.15, 0.2) is 34.9 Å². The molecular weight excluding hydrogens is 240 g/mol. The summed E-state index contributed by atoms with van der Waals surface area (Å²) in [7, 11) is 0. The molecule has 0 bridgehead atoms. The van der Waals surface area contributed by atoms with Crippen LogP contribution in [0.2, 0.25) is 0 Å². The molecular formula is C20H36. The smallest absolute Gasteiger partial charge is 0.00235 e. The Morgan fingerprint density at radius 2 is 1.60 bits per heavy atom. The zero-order valence-electron chi connectivity index (χ0n) is 15.4. The van der Waals surface area contributed by atoms with Gasteiger partial charge in [-0.2, -0.15) is 0 Å². The molecule has 116 valence electrons. The van der Waals surface area contributed by atoms with Crippen LogP contribution in [0.5, 0.6) is 0 Å². The molecule has 0 aliphatic carbocycles. The average molecular weight is 277 g/mol. The fourth-order valence-corrected chi connectivity index (χ4v) is 2.43. The molecule has 0 N–H and O–H groups in total. The van der Waals surface area contributed by atoms with Crippen LogP contribution in [0.1, 0.15) is 75.2 Å². The zero-order chi connectivity index (χ0) is 16.1. The van der Waals surface area contributed by atoms with Crippen molar-refractivity contribution in [3.63, 3.8) is 0 Å². The summed E-state index contributed by atoms with van der Waals surface area (Å²) in [5.74, 6) is 1.14. The molecule has 0 aromatic heterocycles. The lowest BCUT2D eigenvalue weighted by Crippen LogP contribution is -2.11. The lowest BCUT2D eigenvalue weighted by Gasteiger charge is -2.24. The van der Waals surface area contributed by atoms with Crippen molar-refractivity contribution in [3.05, 3.63) is 34.9 Å². The van der Waals surface area contributed by atoms with E-state index in [2.05, 4.69) is 75.0 Å². The molecule has 0 saturated heterocycles. The molecule has 0 aromatic carbocycles. The highest BCUT2D eigenvalue weighted by Gasteiger charge is 2.17. The molecule has 0 fully saturated rings. The fraction of sp³-hybridized carbons (Fsp3) is 0.700. The summed E-state index contributed by atoms with van der Waals surface area (Å²) < 4.78 is 0. The third-order valence-electron chi connectivity index (χ3n) is 4.47. The van der Waals surface area contributed by atoms with Gasteiger partial charge in [0.25, 0.3) is 0 Å². The van der Waals surface area contributed by atoms with Gasteiger partial charge in [-0.05, 0) is 50.9 Å². The Hall–Kier alpha value is -0.780. The Balaban J connectivity index is 5.02. The van der Waals surface area contributed by atoms with Crippen molar-refractivity contribution in [2.24, 2.45) is 17.3 Å². The molecule has 0 spiro atoms. The van der Waals surface area contributed by atoms with Crippen molar-refractivity contribution >= 4 is 0 Å². The van der Waals surface area contributed by atoms with Crippen LogP contribution < -0.4 is 0 Å². The van der Waals surface area contributed by atoms with E-state index in [1.807, 2.05) is 0 Å². The van der Waals surface area contributed by atoms with Crippen molar-refractivity contribution < 1.29 is 0 Å². The van der Waals surface area contributed by atoms with Crippen LogP contribution in [0.3, 0.4) is 0 Å². The van der Waals surface area contributed by atoms with E-state index >= 15 is 0 Å². The molecule has 0 amide bonds. The summed E-state index contributed by atoms with van der Waals surface area (Å²) in [5, 5.41) is 0. The molecule has 0 radical (unpaired) electrons. The quantitative estimate of drug-likeness (QED) is 0.364. The minimum absolute atomic E-state index is 0.323. The van der Waals surface area contributed by atoms with Gasteiger partial charge in [-0.1, -0.05) is 76.5 Å². The molecule has 0 heterocycles. The highest BCUT2D eigenvalue weighted by Crippen LogP contribution is 2.31. The normalized spacial score (nSPS) is 17.6. The van der Waals surface area contributed by atoms with Gasteiger partial charge in [0.15, 0.2) is 0 Å². The summed E-state index contributed by atoms with van der Waals surface area (Å²) in [6, 6.07) is 0. The molecule has 2 unspecified atom stereocenters. The van der Waals surface area contributed by atoms with Crippen LogP contribution in [0.4, 0.5) is 0 Å². The number of rotatable bonds is 6. The molecule has 0 heteroatoms. The Kier molecular flexibility index (Phi) is 7.55. The van der Waals surface area contributed by atoms with Crippen molar-refractivity contribution in [1.82, 2.24) is 0 Å². The van der Waals surface area contributed by atoms with Crippen LogP contribution >= 0.6 is 0 Å². The van der Waals surface area contributed by atoms with Crippen LogP contribution in [0.25, 0.3) is 0 Å². The van der Waals surface area contributed by atoms with Gasteiger partial charge in [-0.15, -0.1) is 0 Å². The minimum Gasteiger partial charge on any atom is -0.0992 e. The van der Waals surface area contributed by atoms with E-state index in [4.69, 9.17) is 0 Å². The topological polar surface area (TPSA) is 0 Å². The van der Waals surface area contributed by atoms with Gasteiger partial charge in [0.05, 0.1) is 0 Å². The lowest BCUT2D eigenvalue weighted by atomic mass is 9.81. The zero-order valence-corrected chi connectivity index (χ0v) is 15.4. The van der Waals surface area contributed by atoms with Crippen LogP contribution in [0, 0.1) is 17.3 Å². The van der Waals surface area contributed by atoms with E-state index in [9.17, 15) is 0 Å². The SMILES string of the molecule is C=C(CC(C)(C)C)C(C)C(C)=CC(C)=C(C)C(C)CC. The van der Waals surface area contributed by atoms with Crippen LogP contribution in [-0.2, 0) is 0 Å². The maximum atomic E-state index is 4.31. The highest BCUT2D eigenvalue weighted by atomic mass is 14.2. The van der Waals surface area contributed by atoms with Gasteiger partial charge >= 0.3 is 0 Å². The Morgan fingerprint density at radius 3 is 2.00 bits per heavy atom. The fourth-order valence-electron chi connectivity index (χ4n) is 2.43. The van der Waals surface area contributed by atoms with Crippen LogP contribution in [-0.4, -0.2) is 0 Å². The van der Waals surface area contributed by atoms with Crippen molar-refractivity contribution in [2.45, 2.75) is 75.2 Å². The molecule has 20 heavy (non-hydrogen) atoms. The minimum atomic E-state index is 0.323. The number of allylic oxidation sites excluding steroid dienone is 5. The van der Waals surface area contributed by atoms with E-state index in [1.165, 1.54) is 28.7 Å². The maximum absolute atomic E-state index is 4.31. The standard InChI is InChI=1S/C20H36/c1-11-14(2)18(6)15(3)12-16(4)19(7)17(5)13-20(8,9)10/h12,14,19H,5,11,13H2,1-4,6-10H3. The maximum Gasteiger partial charge on any atom is -0.00235 e. The van der Waals surface area contributed by atoms with E-state index in [0.717, 1.165) is 6.42 Å². The van der Waals surface area contributed by atoms with Gasteiger partial charge in [0.2, 0.25) is 0 Å². The van der Waals surface area contributed by atoms with Gasteiger partial charge in [-0.3, -0.25) is 0 Å². The van der Waals surface area contributed by atoms with E-state index in [-0.39, 0.29) is 0 Å². The first-order valence-corrected chi connectivity index (χ1v) is 8.02. The Bertz CT molecular complexity index is 385. The summed E-state index contributed by atoms with van der Waals surface area (Å²) >= 11 is 0. The average Bonchev–Trinajstić information content (AvgIpc) is 2.33. The first-order chi connectivity index (χ1) is 8.99. The summed E-state index contributed by atoms with van der Waals surface area (Å²) in [5.41, 5.74) is 6.04. The molecule has 2 atom stereocenters. The molecule has 0 aliphatic heterocycles. The third kappa shape index (κ3) is 6.59. The van der Waals surface area contributed by atoms with Crippen molar-refractivity contribution in [2.75, 3.05) is 0 Å². The first-order valence-electron chi connectivity index (χ1n) is 8.02.